The molecular formula is C43H45BrCl4N14O7. The predicted octanol–water partition coefficient (Wildman–Crippen LogP) is 7.60. The van der Waals surface area contributed by atoms with Gasteiger partial charge in [-0.15, -0.1) is 15.3 Å². The number of hydrogen-bond acceptors (Lipinski definition) is 19. The average Bonchev–Trinajstić information content (AvgIpc) is 4.14. The zero-order chi connectivity index (χ0) is 49.2. The molecule has 7 aromatic rings. The Morgan fingerprint density at radius 1 is 0.739 bits per heavy atom. The number of β-amino-alcohol motifs (C(OH)–C–C–N with tert-alkyl or cyclic N) is 1. The summed E-state index contributed by atoms with van der Waals surface area (Å²) in [4.78, 5) is 27.8. The molecule has 364 valence electrons. The van der Waals surface area contributed by atoms with Crippen molar-refractivity contribution in [2.24, 2.45) is 0 Å². The van der Waals surface area contributed by atoms with E-state index in [1.807, 2.05) is 43.6 Å². The lowest BCUT2D eigenvalue weighted by molar-refractivity contribution is -0.0424. The van der Waals surface area contributed by atoms with Crippen LogP contribution in [0.2, 0.25) is 20.4 Å². The minimum Gasteiger partial charge on any atom is -0.471 e. The highest BCUT2D eigenvalue weighted by Crippen LogP contribution is 2.31. The van der Waals surface area contributed by atoms with E-state index in [2.05, 4.69) is 72.1 Å². The highest BCUT2D eigenvalue weighted by atomic mass is 79.9. The van der Waals surface area contributed by atoms with Gasteiger partial charge >= 0.3 is 0 Å². The molecule has 2 N–H and O–H groups in total. The lowest BCUT2D eigenvalue weighted by Gasteiger charge is -2.25. The minimum atomic E-state index is -0.406. The first-order valence-corrected chi connectivity index (χ1v) is 23.7. The number of aryl methyl sites for hydroxylation is 4. The van der Waals surface area contributed by atoms with Crippen LogP contribution in [0, 0.1) is 27.7 Å². The first-order valence-electron chi connectivity index (χ1n) is 21.4. The van der Waals surface area contributed by atoms with E-state index < -0.39 is 5.56 Å². The Bertz CT molecular complexity index is 2920. The van der Waals surface area contributed by atoms with Gasteiger partial charge in [0.1, 0.15) is 27.7 Å². The van der Waals surface area contributed by atoms with Gasteiger partial charge in [-0.2, -0.15) is 30.2 Å². The zero-order valence-electron chi connectivity index (χ0n) is 37.5. The molecule has 10 rings (SSSR count). The summed E-state index contributed by atoms with van der Waals surface area (Å²) in [6, 6.07) is 5.24. The smallest absolute Gasteiger partial charge is 0.290 e. The van der Waals surface area contributed by atoms with Crippen LogP contribution in [-0.4, -0.2) is 111 Å². The van der Waals surface area contributed by atoms with Crippen LogP contribution in [0.1, 0.15) is 61.2 Å². The van der Waals surface area contributed by atoms with Crippen LogP contribution in [0.25, 0.3) is 22.3 Å². The number of aromatic amines is 1. The number of hydrogen-bond donors (Lipinski definition) is 2. The molecule has 69 heavy (non-hydrogen) atoms. The maximum atomic E-state index is 12.3. The van der Waals surface area contributed by atoms with Gasteiger partial charge in [0.05, 0.1) is 66.4 Å². The maximum Gasteiger partial charge on any atom is 0.290 e. The Kier molecular flexibility index (Phi) is 17.7. The van der Waals surface area contributed by atoms with Gasteiger partial charge in [-0.1, -0.05) is 56.7 Å². The van der Waals surface area contributed by atoms with E-state index in [0.29, 0.717) is 66.8 Å². The van der Waals surface area contributed by atoms with E-state index in [9.17, 15) is 14.7 Å². The summed E-state index contributed by atoms with van der Waals surface area (Å²) in [6.45, 7) is 10.6. The molecule has 3 atom stereocenters. The van der Waals surface area contributed by atoms with Crippen molar-refractivity contribution in [2.45, 2.75) is 78.2 Å². The van der Waals surface area contributed by atoms with Crippen molar-refractivity contribution in [3.63, 3.8) is 0 Å². The topological polar surface area (TPSA) is 255 Å². The number of rotatable bonds is 7. The Hall–Kier alpha value is -5.62. The molecule has 0 radical (unpaired) electrons. The van der Waals surface area contributed by atoms with Crippen molar-refractivity contribution >= 4 is 73.7 Å². The van der Waals surface area contributed by atoms with Crippen molar-refractivity contribution in [3.8, 4) is 28.1 Å². The average molecular weight is 1090 g/mol. The largest absolute Gasteiger partial charge is 0.471 e. The SMILES string of the molecule is Cc1noc(C)c1-c1cnnc(Cl)c1.Cc1noc(C)c1-c1cnnc(O[C@@H]2CCN(c3cn[nH]c(=O)c3Cl)C2)c1.Clc1cc(Br)cnn1.O=c1c(Cl)c(N2CC[C@@H](O)C2)cnn1C1CCCCO1. The molecule has 3 aliphatic heterocycles. The first kappa shape index (κ1) is 51.2. The fourth-order valence-corrected chi connectivity index (χ4v) is 8.90. The van der Waals surface area contributed by atoms with Gasteiger partial charge in [0, 0.05) is 65.5 Å². The van der Waals surface area contributed by atoms with Crippen LogP contribution in [0.3, 0.4) is 0 Å². The lowest BCUT2D eigenvalue weighted by atomic mass is 10.1. The number of aromatic nitrogens is 12. The van der Waals surface area contributed by atoms with Gasteiger partial charge in [-0.05, 0) is 81.4 Å². The molecule has 1 unspecified atom stereocenters. The molecule has 3 fully saturated rings. The van der Waals surface area contributed by atoms with E-state index in [1.165, 1.54) is 4.68 Å². The summed E-state index contributed by atoms with van der Waals surface area (Å²) >= 11 is 26.6. The molecule has 26 heteroatoms. The van der Waals surface area contributed by atoms with Crippen LogP contribution in [0.15, 0.2) is 72.3 Å². The van der Waals surface area contributed by atoms with Crippen molar-refractivity contribution in [3.05, 3.63) is 118 Å². The standard InChI is InChI=1S/C17H17ClN6O3.C13H18ClN3O3.C9H8ClN3O.C4H2BrClN2/c1-9-15(10(2)27-23-9)11-5-14(21-19-6-11)26-12-3-4-24(8-12)13-7-20-22-17(25)16(13)18;14-12-10(16-5-4-9(18)8-16)7-15-17(13(12)19)11-3-1-2-6-20-11;1-5-9(6(2)14-13-5)7-3-8(10)12-11-4-7;5-3-1-4(6)8-7-2-3/h5-7,12H,3-4,8H2,1-2H3,(H,22,25);7,9,11,18H,1-6,8H2;3-4H,1-2H3;1-2H/t12-;9-,11?;;/m11../s1. The maximum absolute atomic E-state index is 12.3. The molecule has 0 amide bonds. The second-order valence-electron chi connectivity index (χ2n) is 15.8. The van der Waals surface area contributed by atoms with Gasteiger partial charge in [0.2, 0.25) is 5.88 Å². The van der Waals surface area contributed by atoms with Crippen molar-refractivity contribution in [2.75, 3.05) is 42.6 Å². The Balaban J connectivity index is 0.000000147. The lowest BCUT2D eigenvalue weighted by Crippen LogP contribution is -2.33. The summed E-state index contributed by atoms with van der Waals surface area (Å²) < 4.78 is 24.0. The molecule has 3 saturated heterocycles. The number of nitrogens with one attached hydrogen (secondary N) is 1. The van der Waals surface area contributed by atoms with Gasteiger partial charge in [-0.3, -0.25) is 9.59 Å². The van der Waals surface area contributed by atoms with Crippen LogP contribution in [0.5, 0.6) is 5.88 Å². The molecule has 0 aliphatic carbocycles. The van der Waals surface area contributed by atoms with Crippen molar-refractivity contribution < 1.29 is 23.6 Å². The van der Waals surface area contributed by atoms with Gasteiger partial charge in [0.25, 0.3) is 11.1 Å². The van der Waals surface area contributed by atoms with Crippen LogP contribution < -0.4 is 25.7 Å². The van der Waals surface area contributed by atoms with Crippen LogP contribution >= 0.6 is 62.3 Å². The highest BCUT2D eigenvalue weighted by Gasteiger charge is 2.28. The van der Waals surface area contributed by atoms with Gasteiger partial charge in [0.15, 0.2) is 16.5 Å². The number of ether oxygens (including phenoxy) is 2. The predicted molar refractivity (Wildman–Crippen MR) is 260 cm³/mol. The van der Waals surface area contributed by atoms with Gasteiger partial charge in [-0.25, -0.2) is 5.10 Å². The monoisotopic (exact) mass is 1090 g/mol. The van der Waals surface area contributed by atoms with E-state index in [-0.39, 0.29) is 34.0 Å². The minimum absolute atomic E-state index is 0.102. The number of H-pyrrole nitrogens is 1. The summed E-state index contributed by atoms with van der Waals surface area (Å²) in [5.41, 5.74) is 5.62. The molecule has 0 saturated carbocycles. The third-order valence-electron chi connectivity index (χ3n) is 10.9. The fraction of sp³-hybridized carbons (Fsp3) is 0.395. The third-order valence-corrected chi connectivity index (χ3v) is 12.4. The second kappa shape index (κ2) is 23.8. The molecule has 7 aromatic heterocycles. The van der Waals surface area contributed by atoms with E-state index in [0.717, 1.165) is 75.3 Å². The Morgan fingerprint density at radius 2 is 1.36 bits per heavy atom. The number of halogens is 5. The number of aliphatic hydroxyl groups excluding tert-OH is 1. The molecule has 0 aromatic carbocycles. The molecular weight excluding hydrogens is 1050 g/mol. The van der Waals surface area contributed by atoms with Crippen molar-refractivity contribution in [1.82, 2.24) is 60.9 Å². The zero-order valence-corrected chi connectivity index (χ0v) is 42.1. The van der Waals surface area contributed by atoms with Crippen LogP contribution in [-0.2, 0) is 4.74 Å². The molecule has 0 bridgehead atoms. The molecule has 21 nitrogen and oxygen atoms in total. The summed E-state index contributed by atoms with van der Waals surface area (Å²) in [5.74, 6) is 1.90. The van der Waals surface area contributed by atoms with Crippen molar-refractivity contribution in [1.29, 1.82) is 0 Å². The summed E-state index contributed by atoms with van der Waals surface area (Å²) in [7, 11) is 0. The normalized spacial score (nSPS) is 17.6. The molecule has 10 heterocycles. The fourth-order valence-electron chi connectivity index (χ4n) is 7.68. The molecule has 0 spiro atoms. The van der Waals surface area contributed by atoms with E-state index >= 15 is 0 Å². The second-order valence-corrected chi connectivity index (χ2v) is 18.3. The first-order chi connectivity index (χ1) is 33.2. The van der Waals surface area contributed by atoms with Gasteiger partial charge < -0.3 is 33.4 Å². The summed E-state index contributed by atoms with van der Waals surface area (Å²) in [5, 5.41) is 51.4. The Labute approximate surface area is 422 Å². The quantitative estimate of drug-likeness (QED) is 0.156. The van der Waals surface area contributed by atoms with E-state index in [4.69, 9.17) is 64.9 Å². The third kappa shape index (κ3) is 13.2. The highest BCUT2D eigenvalue weighted by molar-refractivity contribution is 9.10. The molecule has 3 aliphatic rings. The number of aliphatic hydroxyl groups is 1. The van der Waals surface area contributed by atoms with E-state index in [1.54, 1.807) is 43.1 Å². The van der Waals surface area contributed by atoms with Crippen LogP contribution in [0.4, 0.5) is 11.4 Å². The number of anilines is 2. The summed E-state index contributed by atoms with van der Waals surface area (Å²) in [6.07, 6.45) is 11.5. The number of nitrogens with zero attached hydrogens (tertiary/aromatic N) is 13. The Morgan fingerprint density at radius 3 is 1.94 bits per heavy atom.